The van der Waals surface area contributed by atoms with Crippen molar-refractivity contribution in [1.82, 2.24) is 9.97 Å². The minimum Gasteiger partial charge on any atom is -0.481 e. The van der Waals surface area contributed by atoms with E-state index in [1.165, 1.54) is 26.0 Å². The maximum absolute atomic E-state index is 12.4. The first-order chi connectivity index (χ1) is 12.1. The molecule has 1 aromatic carbocycles. The molecule has 0 aliphatic heterocycles. The largest absolute Gasteiger partial charge is 0.481 e. The monoisotopic (exact) mass is 380 g/mol. The van der Waals surface area contributed by atoms with Gasteiger partial charge in [-0.15, -0.1) is 0 Å². The zero-order valence-electron chi connectivity index (χ0n) is 14.0. The Labute approximate surface area is 155 Å². The third-order valence-electron chi connectivity index (χ3n) is 3.00. The standard InChI is InChI=1S/C17H17ClN2O4S/c1-4-5-9-24-16(21)15-11(18)7-6-8-12(15)25-17-19-13(22-2)10-14(20-17)23-3/h4-8,10H,9H2,1-3H3/b5-4+. The van der Waals surface area contributed by atoms with Gasteiger partial charge in [0.05, 0.1) is 30.9 Å². The van der Waals surface area contributed by atoms with Crippen LogP contribution in [0, 0.1) is 0 Å². The lowest BCUT2D eigenvalue weighted by Crippen LogP contribution is -2.08. The molecule has 2 aromatic rings. The van der Waals surface area contributed by atoms with Crippen molar-refractivity contribution in [2.24, 2.45) is 0 Å². The molecule has 1 heterocycles. The first-order valence-corrected chi connectivity index (χ1v) is 8.50. The van der Waals surface area contributed by atoms with Gasteiger partial charge in [-0.3, -0.25) is 0 Å². The Balaban J connectivity index is 2.34. The Bertz CT molecular complexity index is 761. The zero-order valence-corrected chi connectivity index (χ0v) is 15.6. The maximum atomic E-state index is 12.4. The van der Waals surface area contributed by atoms with Gasteiger partial charge in [0.25, 0.3) is 0 Å². The fraction of sp³-hybridized carbons (Fsp3) is 0.235. The lowest BCUT2D eigenvalue weighted by molar-refractivity contribution is 0.0545. The number of aromatic nitrogens is 2. The molecule has 0 N–H and O–H groups in total. The summed E-state index contributed by atoms with van der Waals surface area (Å²) in [5.41, 5.74) is 0.268. The van der Waals surface area contributed by atoms with Crippen LogP contribution in [0.25, 0.3) is 0 Å². The molecule has 0 fully saturated rings. The molecule has 8 heteroatoms. The number of carbonyl (C=O) groups excluding carboxylic acids is 1. The zero-order chi connectivity index (χ0) is 18.2. The lowest BCUT2D eigenvalue weighted by Gasteiger charge is -2.10. The minimum absolute atomic E-state index is 0.175. The Morgan fingerprint density at radius 2 is 1.92 bits per heavy atom. The molecule has 1 aromatic heterocycles. The number of halogens is 1. The highest BCUT2D eigenvalue weighted by Gasteiger charge is 2.19. The van der Waals surface area contributed by atoms with Crippen LogP contribution in [0.2, 0.25) is 5.02 Å². The summed E-state index contributed by atoms with van der Waals surface area (Å²) in [6.07, 6.45) is 3.53. The molecule has 6 nitrogen and oxygen atoms in total. The first-order valence-electron chi connectivity index (χ1n) is 7.30. The van der Waals surface area contributed by atoms with Crippen LogP contribution in [0.3, 0.4) is 0 Å². The van der Waals surface area contributed by atoms with E-state index in [0.29, 0.717) is 26.8 Å². The molecule has 0 spiro atoms. The van der Waals surface area contributed by atoms with E-state index in [1.807, 2.05) is 6.92 Å². The number of rotatable bonds is 7. The van der Waals surface area contributed by atoms with Crippen molar-refractivity contribution in [2.75, 3.05) is 20.8 Å². The predicted octanol–water partition coefficient (Wildman–Crippen LogP) is 4.03. The van der Waals surface area contributed by atoms with Crippen molar-refractivity contribution in [3.8, 4) is 11.8 Å². The average molecular weight is 381 g/mol. The number of nitrogens with zero attached hydrogens (tertiary/aromatic N) is 2. The van der Waals surface area contributed by atoms with Gasteiger partial charge in [0.15, 0.2) is 5.16 Å². The van der Waals surface area contributed by atoms with Crippen molar-refractivity contribution >= 4 is 29.3 Å². The summed E-state index contributed by atoms with van der Waals surface area (Å²) in [6.45, 7) is 2.02. The van der Waals surface area contributed by atoms with Crippen LogP contribution in [0.4, 0.5) is 0 Å². The van der Waals surface area contributed by atoms with Gasteiger partial charge < -0.3 is 14.2 Å². The van der Waals surface area contributed by atoms with Gasteiger partial charge in [0.2, 0.25) is 11.8 Å². The molecule has 0 atom stereocenters. The van der Waals surface area contributed by atoms with Crippen molar-refractivity contribution in [1.29, 1.82) is 0 Å². The molecular formula is C17H17ClN2O4S. The molecule has 0 aliphatic carbocycles. The maximum Gasteiger partial charge on any atom is 0.341 e. The molecular weight excluding hydrogens is 364 g/mol. The van der Waals surface area contributed by atoms with Crippen LogP contribution < -0.4 is 9.47 Å². The normalized spacial score (nSPS) is 10.7. The SMILES string of the molecule is C/C=C/COC(=O)c1c(Cl)cccc1Sc1nc(OC)cc(OC)n1. The Hall–Kier alpha value is -2.25. The molecule has 0 unspecified atom stereocenters. The quantitative estimate of drug-likeness (QED) is 0.408. The van der Waals surface area contributed by atoms with Gasteiger partial charge in [-0.25, -0.2) is 4.79 Å². The first kappa shape index (κ1) is 19.1. The predicted molar refractivity (Wildman–Crippen MR) is 95.8 cm³/mol. The summed E-state index contributed by atoms with van der Waals surface area (Å²) >= 11 is 7.37. The second-order valence-corrected chi connectivity index (χ2v) is 6.03. The summed E-state index contributed by atoms with van der Waals surface area (Å²) in [5.74, 6) is 0.197. The number of ether oxygens (including phenoxy) is 3. The fourth-order valence-electron chi connectivity index (χ4n) is 1.82. The van der Waals surface area contributed by atoms with E-state index in [2.05, 4.69) is 9.97 Å². The summed E-state index contributed by atoms with van der Waals surface area (Å²) in [4.78, 5) is 21.4. The summed E-state index contributed by atoms with van der Waals surface area (Å²) < 4.78 is 15.5. The van der Waals surface area contributed by atoms with Crippen molar-refractivity contribution in [3.63, 3.8) is 0 Å². The van der Waals surface area contributed by atoms with E-state index in [1.54, 1.807) is 36.4 Å². The van der Waals surface area contributed by atoms with Crippen molar-refractivity contribution in [2.45, 2.75) is 17.0 Å². The van der Waals surface area contributed by atoms with Gasteiger partial charge in [-0.1, -0.05) is 29.8 Å². The molecule has 0 saturated carbocycles. The van der Waals surface area contributed by atoms with Crippen molar-refractivity contribution in [3.05, 3.63) is 47.0 Å². The molecule has 0 aliphatic rings. The molecule has 25 heavy (non-hydrogen) atoms. The highest BCUT2D eigenvalue weighted by atomic mass is 35.5. The number of benzene rings is 1. The van der Waals surface area contributed by atoms with Crippen LogP contribution in [0.1, 0.15) is 17.3 Å². The molecule has 2 rings (SSSR count). The van der Waals surface area contributed by atoms with Crippen LogP contribution in [0.5, 0.6) is 11.8 Å². The Kier molecular flexibility index (Phi) is 7.09. The topological polar surface area (TPSA) is 70.5 Å². The highest BCUT2D eigenvalue weighted by Crippen LogP contribution is 2.34. The Morgan fingerprint density at radius 1 is 1.24 bits per heavy atom. The third kappa shape index (κ3) is 5.11. The molecule has 0 saturated heterocycles. The van der Waals surface area contributed by atoms with E-state index in [0.717, 1.165) is 0 Å². The van der Waals surface area contributed by atoms with Crippen molar-refractivity contribution < 1.29 is 19.0 Å². The summed E-state index contributed by atoms with van der Waals surface area (Å²) in [5, 5.41) is 0.659. The van der Waals surface area contributed by atoms with E-state index < -0.39 is 5.97 Å². The van der Waals surface area contributed by atoms with Gasteiger partial charge in [0.1, 0.15) is 6.61 Å². The van der Waals surface area contributed by atoms with Gasteiger partial charge in [-0.05, 0) is 30.8 Å². The van der Waals surface area contributed by atoms with E-state index in [4.69, 9.17) is 25.8 Å². The van der Waals surface area contributed by atoms with E-state index in [9.17, 15) is 4.79 Å². The lowest BCUT2D eigenvalue weighted by atomic mass is 10.2. The van der Waals surface area contributed by atoms with E-state index >= 15 is 0 Å². The number of carbonyl (C=O) groups is 1. The Morgan fingerprint density at radius 3 is 2.52 bits per heavy atom. The fourth-order valence-corrected chi connectivity index (χ4v) is 3.03. The van der Waals surface area contributed by atoms with Gasteiger partial charge in [0, 0.05) is 4.90 Å². The van der Waals surface area contributed by atoms with Crippen LogP contribution >= 0.6 is 23.4 Å². The smallest absolute Gasteiger partial charge is 0.341 e. The summed E-state index contributed by atoms with van der Waals surface area (Å²) in [6, 6.07) is 6.68. The van der Waals surface area contributed by atoms with E-state index in [-0.39, 0.29) is 12.2 Å². The second kappa shape index (κ2) is 9.29. The van der Waals surface area contributed by atoms with Crippen LogP contribution in [-0.4, -0.2) is 36.8 Å². The molecule has 132 valence electrons. The molecule has 0 amide bonds. The number of methoxy groups -OCH3 is 2. The highest BCUT2D eigenvalue weighted by molar-refractivity contribution is 7.99. The number of hydrogen-bond donors (Lipinski definition) is 0. The number of esters is 1. The van der Waals surface area contributed by atoms with Gasteiger partial charge >= 0.3 is 5.97 Å². The van der Waals surface area contributed by atoms with Crippen LogP contribution in [0.15, 0.2) is 46.5 Å². The molecule has 0 radical (unpaired) electrons. The van der Waals surface area contributed by atoms with Gasteiger partial charge in [-0.2, -0.15) is 9.97 Å². The van der Waals surface area contributed by atoms with Crippen LogP contribution in [-0.2, 0) is 4.74 Å². The summed E-state index contributed by atoms with van der Waals surface area (Å²) in [7, 11) is 3.00. The number of allylic oxidation sites excluding steroid dienone is 1. The molecule has 0 bridgehead atoms. The second-order valence-electron chi connectivity index (χ2n) is 4.62. The third-order valence-corrected chi connectivity index (χ3v) is 4.24. The number of hydrogen-bond acceptors (Lipinski definition) is 7. The average Bonchev–Trinajstić information content (AvgIpc) is 2.61. The minimum atomic E-state index is -0.513.